The molecule has 3 rings (SSSR count). The molecule has 2 aromatic rings. The first kappa shape index (κ1) is 12.5. The highest BCUT2D eigenvalue weighted by Gasteiger charge is 2.24. The highest BCUT2D eigenvalue weighted by molar-refractivity contribution is 7.20. The van der Waals surface area contributed by atoms with E-state index in [0.717, 1.165) is 27.9 Å². The average molecular weight is 298 g/mol. The molecule has 0 saturated carbocycles. The number of rotatable bonds is 1. The van der Waals surface area contributed by atoms with Gasteiger partial charge in [-0.25, -0.2) is 0 Å². The van der Waals surface area contributed by atoms with Crippen LogP contribution >= 0.6 is 34.5 Å². The second-order valence-electron chi connectivity index (χ2n) is 4.77. The topological polar surface area (TPSA) is 12.9 Å². The highest BCUT2D eigenvalue weighted by Crippen LogP contribution is 2.41. The number of hydrogen-bond acceptors (Lipinski definition) is 2. The van der Waals surface area contributed by atoms with Crippen LogP contribution in [0.25, 0.3) is 0 Å². The molecule has 0 bridgehead atoms. The Bertz CT molecular complexity index is 591. The number of aromatic nitrogens is 1. The molecule has 0 radical (unpaired) electrons. The first-order valence-corrected chi connectivity index (χ1v) is 7.60. The Hall–Kier alpha value is -0.570. The monoisotopic (exact) mass is 297 g/mol. The zero-order valence-corrected chi connectivity index (χ0v) is 12.4. The average Bonchev–Trinajstić information content (AvgIpc) is 2.68. The molecule has 2 heterocycles. The maximum Gasteiger partial charge on any atom is 0.0979 e. The molecule has 2 aromatic heterocycles. The zero-order chi connectivity index (χ0) is 12.7. The quantitative estimate of drug-likeness (QED) is 0.719. The van der Waals surface area contributed by atoms with Crippen LogP contribution in [-0.2, 0) is 12.8 Å². The van der Waals surface area contributed by atoms with Crippen LogP contribution in [0, 0.1) is 6.92 Å². The fraction of sp³-hybridized carbons (Fsp3) is 0.357. The molecular weight excluding hydrogens is 285 g/mol. The Morgan fingerprint density at radius 1 is 1.39 bits per heavy atom. The molecule has 0 saturated heterocycles. The van der Waals surface area contributed by atoms with E-state index in [-0.39, 0.29) is 0 Å². The number of aryl methyl sites for hydroxylation is 1. The molecule has 1 aliphatic carbocycles. The summed E-state index contributed by atoms with van der Waals surface area (Å²) in [6.07, 6.45) is 5.10. The van der Waals surface area contributed by atoms with Crippen LogP contribution < -0.4 is 0 Å². The van der Waals surface area contributed by atoms with Crippen molar-refractivity contribution >= 4 is 34.5 Å². The number of hydrogen-bond donors (Lipinski definition) is 0. The summed E-state index contributed by atoms with van der Waals surface area (Å²) in [6.45, 7) is 2.16. The van der Waals surface area contributed by atoms with Crippen LogP contribution in [0.15, 0.2) is 18.3 Å². The first-order valence-electron chi connectivity index (χ1n) is 6.03. The predicted octanol–water partition coefficient (Wildman–Crippen LogP) is 5.03. The van der Waals surface area contributed by atoms with Gasteiger partial charge in [-0.05, 0) is 60.9 Å². The van der Waals surface area contributed by atoms with E-state index in [0.29, 0.717) is 5.92 Å². The predicted molar refractivity (Wildman–Crippen MR) is 78.1 cm³/mol. The Balaban J connectivity index is 1.94. The van der Waals surface area contributed by atoms with Crippen molar-refractivity contribution in [2.75, 3.05) is 0 Å². The lowest BCUT2D eigenvalue weighted by Gasteiger charge is -2.24. The number of pyridine rings is 1. The largest absolute Gasteiger partial charge is 0.261 e. The van der Waals surface area contributed by atoms with E-state index in [2.05, 4.69) is 18.0 Å². The molecule has 0 fully saturated rings. The SMILES string of the molecule is Cc1ccnc2c1CCC(c1cc(Cl)sc1Cl)C2. The van der Waals surface area contributed by atoms with Gasteiger partial charge in [0.1, 0.15) is 0 Å². The Labute approximate surface area is 121 Å². The molecule has 1 unspecified atom stereocenters. The van der Waals surface area contributed by atoms with E-state index in [1.54, 1.807) is 0 Å². The zero-order valence-electron chi connectivity index (χ0n) is 10.0. The van der Waals surface area contributed by atoms with Crippen molar-refractivity contribution in [2.45, 2.75) is 32.1 Å². The van der Waals surface area contributed by atoms with Crippen molar-refractivity contribution in [1.29, 1.82) is 0 Å². The Kier molecular flexibility index (Phi) is 3.35. The van der Waals surface area contributed by atoms with Crippen LogP contribution in [0.4, 0.5) is 0 Å². The number of thiophene rings is 1. The van der Waals surface area contributed by atoms with Gasteiger partial charge in [-0.2, -0.15) is 0 Å². The van der Waals surface area contributed by atoms with Crippen LogP contribution in [0.2, 0.25) is 8.67 Å². The van der Waals surface area contributed by atoms with Crippen LogP contribution in [0.5, 0.6) is 0 Å². The summed E-state index contributed by atoms with van der Waals surface area (Å²) in [5.74, 6) is 0.461. The first-order chi connectivity index (χ1) is 8.65. The number of fused-ring (bicyclic) bond motifs is 1. The van der Waals surface area contributed by atoms with E-state index in [4.69, 9.17) is 23.2 Å². The molecule has 18 heavy (non-hydrogen) atoms. The third kappa shape index (κ3) is 2.18. The maximum atomic E-state index is 6.25. The molecular formula is C14H13Cl2NS. The Morgan fingerprint density at radius 3 is 2.94 bits per heavy atom. The van der Waals surface area contributed by atoms with Crippen LogP contribution in [-0.4, -0.2) is 4.98 Å². The minimum absolute atomic E-state index is 0.461. The second kappa shape index (κ2) is 4.84. The van der Waals surface area contributed by atoms with Crippen LogP contribution in [0.3, 0.4) is 0 Å². The molecule has 4 heteroatoms. The molecule has 0 N–H and O–H groups in total. The summed E-state index contributed by atoms with van der Waals surface area (Å²) < 4.78 is 1.61. The molecule has 1 atom stereocenters. The van der Waals surface area contributed by atoms with Gasteiger partial charge in [0.25, 0.3) is 0 Å². The van der Waals surface area contributed by atoms with Gasteiger partial charge in [-0.15, -0.1) is 11.3 Å². The van der Waals surface area contributed by atoms with Gasteiger partial charge >= 0.3 is 0 Å². The summed E-state index contributed by atoms with van der Waals surface area (Å²) >= 11 is 13.7. The lowest BCUT2D eigenvalue weighted by Crippen LogP contribution is -2.15. The molecule has 1 nitrogen and oxygen atoms in total. The molecule has 0 aromatic carbocycles. The highest BCUT2D eigenvalue weighted by atomic mass is 35.5. The van der Waals surface area contributed by atoms with Gasteiger partial charge in [0.2, 0.25) is 0 Å². The normalized spacial score (nSPS) is 18.7. The van der Waals surface area contributed by atoms with Gasteiger partial charge in [0, 0.05) is 11.9 Å². The summed E-state index contributed by atoms with van der Waals surface area (Å²) in [5.41, 5.74) is 5.20. The summed E-state index contributed by atoms with van der Waals surface area (Å²) in [7, 11) is 0. The minimum Gasteiger partial charge on any atom is -0.261 e. The summed E-state index contributed by atoms with van der Waals surface area (Å²) in [6, 6.07) is 4.10. The van der Waals surface area contributed by atoms with Crippen molar-refractivity contribution in [2.24, 2.45) is 0 Å². The third-order valence-electron chi connectivity index (χ3n) is 3.68. The fourth-order valence-electron chi connectivity index (χ4n) is 2.71. The Morgan fingerprint density at radius 2 is 2.22 bits per heavy atom. The van der Waals surface area contributed by atoms with Crippen LogP contribution in [0.1, 0.15) is 34.7 Å². The standard InChI is InChI=1S/C14H13Cl2NS/c1-8-4-5-17-12-6-9(2-3-10(8)12)11-7-13(15)18-14(11)16/h4-5,7,9H,2-3,6H2,1H3. The van der Waals surface area contributed by atoms with E-state index in [1.165, 1.54) is 33.7 Å². The summed E-state index contributed by atoms with van der Waals surface area (Å²) in [4.78, 5) is 4.52. The van der Waals surface area contributed by atoms with E-state index in [1.807, 2.05) is 12.3 Å². The van der Waals surface area contributed by atoms with Gasteiger partial charge in [-0.3, -0.25) is 4.98 Å². The van der Waals surface area contributed by atoms with Gasteiger partial charge in [0.15, 0.2) is 0 Å². The molecule has 0 aliphatic heterocycles. The number of nitrogens with zero attached hydrogens (tertiary/aromatic N) is 1. The van der Waals surface area contributed by atoms with Crippen molar-refractivity contribution < 1.29 is 0 Å². The maximum absolute atomic E-state index is 6.25. The minimum atomic E-state index is 0.461. The van der Waals surface area contributed by atoms with Gasteiger partial charge in [-0.1, -0.05) is 23.2 Å². The van der Waals surface area contributed by atoms with E-state index in [9.17, 15) is 0 Å². The van der Waals surface area contributed by atoms with Gasteiger partial charge < -0.3 is 0 Å². The molecule has 0 spiro atoms. The van der Waals surface area contributed by atoms with E-state index >= 15 is 0 Å². The molecule has 0 amide bonds. The van der Waals surface area contributed by atoms with Crippen molar-refractivity contribution in [3.05, 3.63) is 49.4 Å². The molecule has 1 aliphatic rings. The van der Waals surface area contributed by atoms with Crippen molar-refractivity contribution in [1.82, 2.24) is 4.98 Å². The summed E-state index contributed by atoms with van der Waals surface area (Å²) in [5, 5.41) is 0. The lowest BCUT2D eigenvalue weighted by molar-refractivity contribution is 0.572. The van der Waals surface area contributed by atoms with Gasteiger partial charge in [0.05, 0.1) is 8.67 Å². The third-order valence-corrected chi connectivity index (χ3v) is 5.20. The second-order valence-corrected chi connectivity index (χ2v) is 7.06. The fourth-order valence-corrected chi connectivity index (χ4v) is 4.34. The molecule has 94 valence electrons. The van der Waals surface area contributed by atoms with Crippen molar-refractivity contribution in [3.8, 4) is 0 Å². The lowest BCUT2D eigenvalue weighted by atomic mass is 9.82. The smallest absolute Gasteiger partial charge is 0.0979 e. The van der Waals surface area contributed by atoms with E-state index < -0.39 is 0 Å². The number of halogens is 2. The van der Waals surface area contributed by atoms with Crippen molar-refractivity contribution in [3.63, 3.8) is 0 Å².